The predicted octanol–water partition coefficient (Wildman–Crippen LogP) is 2.27. The molecule has 17 heavy (non-hydrogen) atoms. The molecule has 0 aliphatic rings. The van der Waals surface area contributed by atoms with Crippen molar-refractivity contribution in [3.8, 4) is 0 Å². The molecule has 0 spiro atoms. The van der Waals surface area contributed by atoms with Crippen LogP contribution < -0.4 is 10.5 Å². The van der Waals surface area contributed by atoms with Crippen LogP contribution in [0.25, 0.3) is 0 Å². The quantitative estimate of drug-likeness (QED) is 0.836. The molecule has 0 fully saturated rings. The van der Waals surface area contributed by atoms with Gasteiger partial charge in [0.05, 0.1) is 4.90 Å². The number of nitrogen functional groups attached to an aromatic ring is 1. The lowest BCUT2D eigenvalue weighted by molar-refractivity contribution is 0.559. The summed E-state index contributed by atoms with van der Waals surface area (Å²) in [5.74, 6) is 0.262. The van der Waals surface area contributed by atoms with Gasteiger partial charge < -0.3 is 5.73 Å². The number of anilines is 1. The number of halogens is 1. The highest BCUT2D eigenvalue weighted by Gasteiger charge is 2.18. The molecule has 6 heteroatoms. The summed E-state index contributed by atoms with van der Waals surface area (Å²) in [6, 6.07) is 3.18. The molecule has 0 amide bonds. The van der Waals surface area contributed by atoms with E-state index in [2.05, 4.69) is 20.7 Å². The van der Waals surface area contributed by atoms with Crippen LogP contribution in [0.3, 0.4) is 0 Å². The number of hydrogen-bond donors (Lipinski definition) is 2. The molecule has 0 atom stereocenters. The monoisotopic (exact) mass is 320 g/mol. The van der Waals surface area contributed by atoms with Crippen molar-refractivity contribution >= 4 is 31.6 Å². The van der Waals surface area contributed by atoms with Crippen LogP contribution in [0.5, 0.6) is 0 Å². The minimum Gasteiger partial charge on any atom is -0.398 e. The van der Waals surface area contributed by atoms with Crippen molar-refractivity contribution in [2.45, 2.75) is 25.7 Å². The Hall–Kier alpha value is -0.590. The van der Waals surface area contributed by atoms with Crippen LogP contribution in [0.2, 0.25) is 0 Å². The van der Waals surface area contributed by atoms with E-state index in [-0.39, 0.29) is 10.8 Å². The first-order valence-corrected chi connectivity index (χ1v) is 7.57. The summed E-state index contributed by atoms with van der Waals surface area (Å²) < 4.78 is 27.3. The third kappa shape index (κ3) is 3.69. The molecule has 4 nitrogen and oxygen atoms in total. The highest BCUT2D eigenvalue weighted by molar-refractivity contribution is 9.10. The maximum absolute atomic E-state index is 12.0. The Morgan fingerprint density at radius 3 is 2.53 bits per heavy atom. The third-order valence-electron chi connectivity index (χ3n) is 2.27. The number of sulfonamides is 1. The molecule has 96 valence electrons. The van der Waals surface area contributed by atoms with Gasteiger partial charge in [-0.05, 0) is 46.5 Å². The minimum atomic E-state index is -3.48. The van der Waals surface area contributed by atoms with Gasteiger partial charge in [0, 0.05) is 16.7 Å². The first kappa shape index (κ1) is 14.5. The fourth-order valence-electron chi connectivity index (χ4n) is 1.31. The Kier molecular flexibility index (Phi) is 4.57. The van der Waals surface area contributed by atoms with Crippen molar-refractivity contribution in [3.63, 3.8) is 0 Å². The Morgan fingerprint density at radius 1 is 1.41 bits per heavy atom. The highest BCUT2D eigenvalue weighted by Crippen LogP contribution is 2.26. The molecular weight excluding hydrogens is 304 g/mol. The largest absolute Gasteiger partial charge is 0.398 e. The zero-order valence-corrected chi connectivity index (χ0v) is 12.5. The number of hydrogen-bond acceptors (Lipinski definition) is 3. The zero-order chi connectivity index (χ0) is 13.2. The predicted molar refractivity (Wildman–Crippen MR) is 73.3 cm³/mol. The van der Waals surface area contributed by atoms with E-state index in [0.717, 1.165) is 0 Å². The second kappa shape index (κ2) is 5.37. The first-order chi connectivity index (χ1) is 7.74. The molecule has 1 rings (SSSR count). The molecule has 0 aliphatic carbocycles. The van der Waals surface area contributed by atoms with E-state index in [1.807, 2.05) is 13.8 Å². The number of benzene rings is 1. The zero-order valence-electron chi connectivity index (χ0n) is 10.1. The van der Waals surface area contributed by atoms with E-state index in [0.29, 0.717) is 22.3 Å². The lowest BCUT2D eigenvalue weighted by Gasteiger charge is -2.12. The summed E-state index contributed by atoms with van der Waals surface area (Å²) >= 11 is 3.27. The molecule has 3 N–H and O–H groups in total. The number of nitrogens with two attached hydrogens (primary N) is 1. The molecule has 0 saturated heterocycles. The van der Waals surface area contributed by atoms with Crippen LogP contribution in [-0.4, -0.2) is 15.0 Å². The maximum atomic E-state index is 12.0. The van der Waals surface area contributed by atoms with Crippen LogP contribution in [0.15, 0.2) is 21.5 Å². The number of aryl methyl sites for hydroxylation is 1. The molecule has 0 aromatic heterocycles. The SMILES string of the molecule is Cc1cc(Br)c(N)cc1S(=O)(=O)NCC(C)C. The highest BCUT2D eigenvalue weighted by atomic mass is 79.9. The summed E-state index contributed by atoms with van der Waals surface area (Å²) in [6.07, 6.45) is 0. The van der Waals surface area contributed by atoms with Gasteiger partial charge in [0.25, 0.3) is 0 Å². The van der Waals surface area contributed by atoms with E-state index in [1.165, 1.54) is 6.07 Å². The van der Waals surface area contributed by atoms with E-state index >= 15 is 0 Å². The van der Waals surface area contributed by atoms with Crippen molar-refractivity contribution < 1.29 is 8.42 Å². The summed E-state index contributed by atoms with van der Waals surface area (Å²) in [5.41, 5.74) is 6.79. The second-order valence-electron chi connectivity index (χ2n) is 4.38. The Bertz CT molecular complexity index is 512. The topological polar surface area (TPSA) is 72.2 Å². The van der Waals surface area contributed by atoms with E-state index in [1.54, 1.807) is 13.0 Å². The first-order valence-electron chi connectivity index (χ1n) is 5.29. The molecule has 0 saturated carbocycles. The number of rotatable bonds is 4. The summed E-state index contributed by atoms with van der Waals surface area (Å²) in [4.78, 5) is 0.235. The molecular formula is C11H17BrN2O2S. The van der Waals surface area contributed by atoms with Crippen LogP contribution >= 0.6 is 15.9 Å². The van der Waals surface area contributed by atoms with Crippen molar-refractivity contribution in [1.29, 1.82) is 0 Å². The average molecular weight is 321 g/mol. The molecule has 0 heterocycles. The normalized spacial score (nSPS) is 12.1. The Balaban J connectivity index is 3.11. The van der Waals surface area contributed by atoms with E-state index < -0.39 is 10.0 Å². The lowest BCUT2D eigenvalue weighted by Crippen LogP contribution is -2.28. The lowest BCUT2D eigenvalue weighted by atomic mass is 10.2. The van der Waals surface area contributed by atoms with Crippen LogP contribution in [0, 0.1) is 12.8 Å². The van der Waals surface area contributed by atoms with Crippen LogP contribution in [0.1, 0.15) is 19.4 Å². The molecule has 1 aromatic carbocycles. The average Bonchev–Trinajstić information content (AvgIpc) is 2.20. The van der Waals surface area contributed by atoms with E-state index in [4.69, 9.17) is 5.73 Å². The fourth-order valence-corrected chi connectivity index (χ4v) is 3.24. The van der Waals surface area contributed by atoms with Gasteiger partial charge in [-0.25, -0.2) is 13.1 Å². The maximum Gasteiger partial charge on any atom is 0.240 e. The standard InChI is InChI=1S/C11H17BrN2O2S/c1-7(2)6-14-17(15,16)11-5-10(13)9(12)4-8(11)3/h4-5,7,14H,6,13H2,1-3H3. The van der Waals surface area contributed by atoms with Crippen LogP contribution in [-0.2, 0) is 10.0 Å². The molecule has 0 unspecified atom stereocenters. The summed E-state index contributed by atoms with van der Waals surface area (Å²) in [6.45, 7) is 6.06. The second-order valence-corrected chi connectivity index (χ2v) is 6.97. The van der Waals surface area contributed by atoms with Gasteiger partial charge in [-0.15, -0.1) is 0 Å². The molecule has 1 aromatic rings. The van der Waals surface area contributed by atoms with Crippen molar-refractivity contribution in [3.05, 3.63) is 22.2 Å². The molecule has 0 aliphatic heterocycles. The number of nitrogens with one attached hydrogen (secondary N) is 1. The fraction of sp³-hybridized carbons (Fsp3) is 0.455. The van der Waals surface area contributed by atoms with E-state index in [9.17, 15) is 8.42 Å². The third-order valence-corrected chi connectivity index (χ3v) is 4.52. The van der Waals surface area contributed by atoms with Crippen molar-refractivity contribution in [2.75, 3.05) is 12.3 Å². The summed E-state index contributed by atoms with van der Waals surface area (Å²) in [7, 11) is -3.48. The molecule has 0 bridgehead atoms. The Morgan fingerprint density at radius 2 is 2.00 bits per heavy atom. The van der Waals surface area contributed by atoms with Gasteiger partial charge in [-0.1, -0.05) is 13.8 Å². The van der Waals surface area contributed by atoms with Gasteiger partial charge in [0.15, 0.2) is 0 Å². The van der Waals surface area contributed by atoms with Gasteiger partial charge in [0.1, 0.15) is 0 Å². The summed E-state index contributed by atoms with van der Waals surface area (Å²) in [5, 5.41) is 0. The minimum absolute atomic E-state index is 0.235. The van der Waals surface area contributed by atoms with Gasteiger partial charge in [0.2, 0.25) is 10.0 Å². The van der Waals surface area contributed by atoms with Gasteiger partial charge >= 0.3 is 0 Å². The molecule has 0 radical (unpaired) electrons. The van der Waals surface area contributed by atoms with Crippen molar-refractivity contribution in [1.82, 2.24) is 4.72 Å². The van der Waals surface area contributed by atoms with Crippen molar-refractivity contribution in [2.24, 2.45) is 5.92 Å². The van der Waals surface area contributed by atoms with Gasteiger partial charge in [-0.2, -0.15) is 0 Å². The Labute approximate surface area is 111 Å². The van der Waals surface area contributed by atoms with Gasteiger partial charge in [-0.3, -0.25) is 0 Å². The van der Waals surface area contributed by atoms with Crippen LogP contribution in [0.4, 0.5) is 5.69 Å². The smallest absolute Gasteiger partial charge is 0.240 e.